The number of nitrogen functional groups attached to an aromatic ring is 1. The molecule has 27 heavy (non-hydrogen) atoms. The van der Waals surface area contributed by atoms with E-state index in [4.69, 9.17) is 10.6 Å². The van der Waals surface area contributed by atoms with Crippen molar-refractivity contribution in [3.63, 3.8) is 0 Å². The van der Waals surface area contributed by atoms with Crippen molar-refractivity contribution in [3.8, 4) is 0 Å². The van der Waals surface area contributed by atoms with E-state index < -0.39 is 23.9 Å². The summed E-state index contributed by atoms with van der Waals surface area (Å²) >= 11 is 0.707. The van der Waals surface area contributed by atoms with Crippen molar-refractivity contribution in [1.82, 2.24) is 14.9 Å². The molecule has 146 valence electrons. The first kappa shape index (κ1) is 20.6. The first-order chi connectivity index (χ1) is 12.7. The molecule has 2 aromatic rings. The molecule has 1 aromatic carbocycles. The van der Waals surface area contributed by atoms with Gasteiger partial charge in [-0.25, -0.2) is 9.47 Å². The number of hydrogen-bond acceptors (Lipinski definition) is 7. The summed E-state index contributed by atoms with van der Waals surface area (Å²) in [5, 5.41) is 8.58. The van der Waals surface area contributed by atoms with E-state index in [0.29, 0.717) is 36.0 Å². The fraction of sp³-hybridized carbons (Fsp3) is 0.333. The summed E-state index contributed by atoms with van der Waals surface area (Å²) in [5.74, 6) is 2.75. The summed E-state index contributed by atoms with van der Waals surface area (Å²) in [6.07, 6.45) is -4.03. The molecule has 0 bridgehead atoms. The molecule has 0 spiro atoms. The number of nitrogens with zero attached hydrogens (tertiary/aromatic N) is 3. The lowest BCUT2D eigenvalue weighted by atomic mass is 10.2. The van der Waals surface area contributed by atoms with Gasteiger partial charge in [0.05, 0.1) is 17.9 Å². The average molecular weight is 403 g/mol. The summed E-state index contributed by atoms with van der Waals surface area (Å²) < 4.78 is 43.0. The Morgan fingerprint density at radius 1 is 1.26 bits per heavy atom. The number of hydrogen-bond donors (Lipinski definition) is 2. The van der Waals surface area contributed by atoms with Crippen molar-refractivity contribution in [2.75, 3.05) is 23.5 Å². The molecule has 0 fully saturated rings. The van der Waals surface area contributed by atoms with Crippen molar-refractivity contribution in [2.45, 2.75) is 24.7 Å². The number of carbonyl (C=O) groups is 2. The molecule has 0 aliphatic heterocycles. The van der Waals surface area contributed by atoms with Gasteiger partial charge in [0.1, 0.15) is 0 Å². The van der Waals surface area contributed by atoms with E-state index in [9.17, 15) is 22.8 Å². The van der Waals surface area contributed by atoms with Gasteiger partial charge in [-0.1, -0.05) is 18.7 Å². The highest BCUT2D eigenvalue weighted by Crippen LogP contribution is 2.28. The highest BCUT2D eigenvalue weighted by atomic mass is 32.2. The Kier molecular flexibility index (Phi) is 6.66. The van der Waals surface area contributed by atoms with Crippen LogP contribution in [0.3, 0.4) is 0 Å². The molecule has 1 aromatic heterocycles. The van der Waals surface area contributed by atoms with Crippen LogP contribution in [-0.2, 0) is 15.7 Å². The van der Waals surface area contributed by atoms with Crippen molar-refractivity contribution in [3.05, 3.63) is 35.7 Å². The van der Waals surface area contributed by atoms with Crippen LogP contribution in [0.2, 0.25) is 0 Å². The van der Waals surface area contributed by atoms with Crippen LogP contribution in [0.15, 0.2) is 29.4 Å². The normalized spacial score (nSPS) is 11.3. The van der Waals surface area contributed by atoms with Crippen LogP contribution in [-0.4, -0.2) is 39.1 Å². The van der Waals surface area contributed by atoms with Gasteiger partial charge in [-0.15, -0.1) is 10.2 Å². The lowest BCUT2D eigenvalue weighted by molar-refractivity contribution is -0.146. The minimum atomic E-state index is -4.73. The molecule has 12 heteroatoms. The van der Waals surface area contributed by atoms with Crippen LogP contribution in [0, 0.1) is 0 Å². The summed E-state index contributed by atoms with van der Waals surface area (Å²) in [6, 6.07) is 6.01. The summed E-state index contributed by atoms with van der Waals surface area (Å²) in [7, 11) is 0. The van der Waals surface area contributed by atoms with Crippen LogP contribution in [0.4, 0.5) is 18.9 Å². The highest BCUT2D eigenvalue weighted by Gasteiger charge is 2.38. The van der Waals surface area contributed by atoms with E-state index in [1.165, 1.54) is 24.3 Å². The van der Waals surface area contributed by atoms with E-state index in [-0.39, 0.29) is 15.6 Å². The molecule has 8 nitrogen and oxygen atoms in total. The third kappa shape index (κ3) is 5.61. The van der Waals surface area contributed by atoms with Gasteiger partial charge in [-0.2, -0.15) is 13.2 Å². The number of nitrogens with one attached hydrogen (secondary N) is 1. The summed E-state index contributed by atoms with van der Waals surface area (Å²) in [5.41, 5.74) is 0.754. The second-order valence-electron chi connectivity index (χ2n) is 5.22. The Hall–Kier alpha value is -2.76. The number of amides is 1. The SMILES string of the molecule is CCCOC(=O)c1ccc(NC(=O)CSc2nnc(C(F)(F)F)n2N)cc1. The third-order valence-electron chi connectivity index (χ3n) is 3.09. The van der Waals surface area contributed by atoms with E-state index in [0.717, 1.165) is 0 Å². The standard InChI is InChI=1S/C15H16F3N5O3S/c1-2-7-26-12(25)9-3-5-10(6-4-9)20-11(24)8-27-14-22-21-13(23(14)19)15(16,17)18/h3-6H,2,7-8,19H2,1H3,(H,20,24). The number of rotatable bonds is 7. The van der Waals surface area contributed by atoms with Crippen LogP contribution in [0.1, 0.15) is 29.5 Å². The Labute approximate surface area is 156 Å². The monoisotopic (exact) mass is 403 g/mol. The number of aromatic nitrogens is 3. The Balaban J connectivity index is 1.89. The number of benzene rings is 1. The number of ether oxygens (including phenoxy) is 1. The predicted molar refractivity (Wildman–Crippen MR) is 91.5 cm³/mol. The third-order valence-corrected chi connectivity index (χ3v) is 4.04. The molecule has 0 atom stereocenters. The van der Waals surface area contributed by atoms with Gasteiger partial charge in [-0.3, -0.25) is 4.79 Å². The molecule has 0 radical (unpaired) electrons. The number of nitrogens with two attached hydrogens (primary N) is 1. The van der Waals surface area contributed by atoms with Gasteiger partial charge < -0.3 is 15.9 Å². The second-order valence-corrected chi connectivity index (χ2v) is 6.17. The first-order valence-corrected chi connectivity index (χ1v) is 8.68. The fourth-order valence-electron chi connectivity index (χ4n) is 1.86. The Morgan fingerprint density at radius 3 is 2.48 bits per heavy atom. The van der Waals surface area contributed by atoms with E-state index >= 15 is 0 Å². The van der Waals surface area contributed by atoms with E-state index in [1.54, 1.807) is 0 Å². The number of alkyl halides is 3. The van der Waals surface area contributed by atoms with Crippen molar-refractivity contribution < 1.29 is 27.5 Å². The molecular weight excluding hydrogens is 387 g/mol. The fourth-order valence-corrected chi connectivity index (χ4v) is 2.52. The number of thioether (sulfide) groups is 1. The molecule has 1 amide bonds. The van der Waals surface area contributed by atoms with Crippen molar-refractivity contribution >= 4 is 29.3 Å². The summed E-state index contributed by atoms with van der Waals surface area (Å²) in [6.45, 7) is 2.19. The molecule has 0 saturated heterocycles. The number of carbonyl (C=O) groups excluding carboxylic acids is 2. The van der Waals surface area contributed by atoms with Crippen LogP contribution in [0.25, 0.3) is 0 Å². The van der Waals surface area contributed by atoms with Crippen LogP contribution in [0.5, 0.6) is 0 Å². The van der Waals surface area contributed by atoms with Gasteiger partial charge in [0.25, 0.3) is 5.82 Å². The second kappa shape index (κ2) is 8.75. The number of halogens is 3. The maximum absolute atomic E-state index is 12.6. The van der Waals surface area contributed by atoms with Gasteiger partial charge in [-0.05, 0) is 30.7 Å². The quantitative estimate of drug-likeness (QED) is 0.414. The van der Waals surface area contributed by atoms with Gasteiger partial charge in [0, 0.05) is 5.69 Å². The largest absolute Gasteiger partial charge is 0.462 e. The lowest BCUT2D eigenvalue weighted by Gasteiger charge is -2.07. The van der Waals surface area contributed by atoms with Gasteiger partial charge in [0.15, 0.2) is 0 Å². The van der Waals surface area contributed by atoms with E-state index in [2.05, 4.69) is 15.5 Å². The van der Waals surface area contributed by atoms with Gasteiger partial charge in [0.2, 0.25) is 11.1 Å². The molecular formula is C15H16F3N5O3S. The highest BCUT2D eigenvalue weighted by molar-refractivity contribution is 7.99. The maximum Gasteiger partial charge on any atom is 0.453 e. The van der Waals surface area contributed by atoms with Crippen molar-refractivity contribution in [1.29, 1.82) is 0 Å². The zero-order valence-corrected chi connectivity index (χ0v) is 14.9. The van der Waals surface area contributed by atoms with E-state index in [1.807, 2.05) is 6.92 Å². The average Bonchev–Trinajstić information content (AvgIpc) is 2.99. The Morgan fingerprint density at radius 2 is 1.93 bits per heavy atom. The molecule has 2 rings (SSSR count). The van der Waals surface area contributed by atoms with Crippen LogP contribution < -0.4 is 11.2 Å². The minimum Gasteiger partial charge on any atom is -0.462 e. The molecule has 0 saturated carbocycles. The molecule has 0 aliphatic carbocycles. The molecule has 1 heterocycles. The Bertz CT molecular complexity index is 808. The smallest absolute Gasteiger partial charge is 0.453 e. The topological polar surface area (TPSA) is 112 Å². The molecule has 0 aliphatic rings. The first-order valence-electron chi connectivity index (χ1n) is 7.70. The predicted octanol–water partition coefficient (Wildman–Crippen LogP) is 2.31. The van der Waals surface area contributed by atoms with Crippen molar-refractivity contribution in [2.24, 2.45) is 0 Å². The summed E-state index contributed by atoms with van der Waals surface area (Å²) in [4.78, 5) is 23.6. The van der Waals surface area contributed by atoms with Crippen LogP contribution >= 0.6 is 11.8 Å². The van der Waals surface area contributed by atoms with Gasteiger partial charge >= 0.3 is 12.1 Å². The number of esters is 1. The maximum atomic E-state index is 12.6. The molecule has 3 N–H and O–H groups in total. The minimum absolute atomic E-state index is 0.229. The molecule has 0 unspecified atom stereocenters. The lowest BCUT2D eigenvalue weighted by Crippen LogP contribution is -2.22. The zero-order valence-electron chi connectivity index (χ0n) is 14.1. The zero-order chi connectivity index (χ0) is 20.0. The number of anilines is 1.